The van der Waals surface area contributed by atoms with Crippen LogP contribution in [0.5, 0.6) is 0 Å². The summed E-state index contributed by atoms with van der Waals surface area (Å²) in [5.41, 5.74) is 1.68. The van der Waals surface area contributed by atoms with Crippen molar-refractivity contribution in [2.45, 2.75) is 32.3 Å². The second-order valence-electron chi connectivity index (χ2n) is 3.77. The second-order valence-corrected chi connectivity index (χ2v) is 3.77. The van der Waals surface area contributed by atoms with Crippen molar-refractivity contribution in [3.63, 3.8) is 0 Å². The average Bonchev–Trinajstić information content (AvgIpc) is 2.12. The molecule has 0 unspecified atom stereocenters. The van der Waals surface area contributed by atoms with Gasteiger partial charge in [0, 0.05) is 0 Å². The number of aryl methyl sites for hydroxylation is 1. The number of hydrogen-bond acceptors (Lipinski definition) is 2. The van der Waals surface area contributed by atoms with Gasteiger partial charge in [0.25, 0.3) is 0 Å². The van der Waals surface area contributed by atoms with Gasteiger partial charge in [0.05, 0.1) is 5.56 Å². The van der Waals surface area contributed by atoms with Gasteiger partial charge >= 0.3 is 5.97 Å². The molecule has 1 aromatic carbocycles. The van der Waals surface area contributed by atoms with Crippen molar-refractivity contribution >= 4 is 5.97 Å². The van der Waals surface area contributed by atoms with E-state index in [0.717, 1.165) is 18.4 Å². The molecule has 0 bridgehead atoms. The van der Waals surface area contributed by atoms with Crippen molar-refractivity contribution in [3.05, 3.63) is 35.4 Å². The lowest BCUT2D eigenvalue weighted by molar-refractivity contribution is 0.00893. The van der Waals surface area contributed by atoms with Crippen LogP contribution >= 0.6 is 0 Å². The summed E-state index contributed by atoms with van der Waals surface area (Å²) in [4.78, 5) is 11.6. The number of rotatable bonds is 2. The maximum absolute atomic E-state index is 11.6. The van der Waals surface area contributed by atoms with E-state index in [4.69, 9.17) is 4.74 Å². The van der Waals surface area contributed by atoms with Gasteiger partial charge in [-0.05, 0) is 37.8 Å². The quantitative estimate of drug-likeness (QED) is 0.670. The Hall–Kier alpha value is -1.31. The lowest BCUT2D eigenvalue weighted by atomic mass is 9.96. The van der Waals surface area contributed by atoms with Gasteiger partial charge in [-0.2, -0.15) is 0 Å². The second kappa shape index (κ2) is 3.82. The van der Waals surface area contributed by atoms with Crippen molar-refractivity contribution < 1.29 is 9.53 Å². The van der Waals surface area contributed by atoms with Crippen LogP contribution < -0.4 is 0 Å². The van der Waals surface area contributed by atoms with Crippen molar-refractivity contribution in [1.29, 1.82) is 0 Å². The van der Waals surface area contributed by atoms with Gasteiger partial charge in [-0.1, -0.05) is 18.2 Å². The first-order valence-electron chi connectivity index (χ1n) is 5.04. The van der Waals surface area contributed by atoms with Crippen LogP contribution in [0.25, 0.3) is 0 Å². The molecule has 0 radical (unpaired) electrons. The first-order chi connectivity index (χ1) is 6.77. The SMILES string of the molecule is Cc1ccccc1C(=O)OC1CCC1. The lowest BCUT2D eigenvalue weighted by Gasteiger charge is -2.25. The number of benzene rings is 1. The van der Waals surface area contributed by atoms with E-state index < -0.39 is 0 Å². The molecule has 74 valence electrons. The fraction of sp³-hybridized carbons (Fsp3) is 0.417. The summed E-state index contributed by atoms with van der Waals surface area (Å²) in [6, 6.07) is 7.54. The minimum atomic E-state index is -0.173. The zero-order valence-corrected chi connectivity index (χ0v) is 8.32. The largest absolute Gasteiger partial charge is 0.459 e. The minimum Gasteiger partial charge on any atom is -0.459 e. The van der Waals surface area contributed by atoms with Crippen molar-refractivity contribution in [1.82, 2.24) is 0 Å². The molecule has 0 saturated heterocycles. The maximum atomic E-state index is 11.6. The molecule has 1 aliphatic rings. The van der Waals surface area contributed by atoms with Gasteiger partial charge in [-0.3, -0.25) is 0 Å². The lowest BCUT2D eigenvalue weighted by Crippen LogP contribution is -2.25. The minimum absolute atomic E-state index is 0.169. The van der Waals surface area contributed by atoms with E-state index in [1.54, 1.807) is 0 Å². The van der Waals surface area contributed by atoms with Crippen molar-refractivity contribution in [2.24, 2.45) is 0 Å². The molecule has 0 atom stereocenters. The molecule has 2 heteroatoms. The van der Waals surface area contributed by atoms with E-state index in [9.17, 15) is 4.79 Å². The topological polar surface area (TPSA) is 26.3 Å². The third-order valence-electron chi connectivity index (χ3n) is 2.69. The average molecular weight is 190 g/mol. The summed E-state index contributed by atoms with van der Waals surface area (Å²) in [6.07, 6.45) is 3.41. The summed E-state index contributed by atoms with van der Waals surface area (Å²) < 4.78 is 5.31. The molecule has 1 fully saturated rings. The van der Waals surface area contributed by atoms with E-state index in [1.807, 2.05) is 31.2 Å². The number of carbonyl (C=O) groups is 1. The van der Waals surface area contributed by atoms with Gasteiger partial charge in [-0.15, -0.1) is 0 Å². The summed E-state index contributed by atoms with van der Waals surface area (Å²) in [6.45, 7) is 1.93. The number of esters is 1. The molecule has 1 saturated carbocycles. The molecule has 1 aliphatic carbocycles. The number of carbonyl (C=O) groups excluding carboxylic acids is 1. The zero-order valence-electron chi connectivity index (χ0n) is 8.32. The van der Waals surface area contributed by atoms with Gasteiger partial charge in [0.1, 0.15) is 6.10 Å². The Morgan fingerprint density at radius 3 is 2.64 bits per heavy atom. The first-order valence-corrected chi connectivity index (χ1v) is 5.04. The third-order valence-corrected chi connectivity index (χ3v) is 2.69. The van der Waals surface area contributed by atoms with Crippen LogP contribution in [0.2, 0.25) is 0 Å². The van der Waals surface area contributed by atoms with Crippen LogP contribution in [-0.4, -0.2) is 12.1 Å². The predicted molar refractivity (Wildman–Crippen MR) is 54.2 cm³/mol. The summed E-state index contributed by atoms with van der Waals surface area (Å²) in [5.74, 6) is -0.173. The third kappa shape index (κ3) is 1.79. The smallest absolute Gasteiger partial charge is 0.338 e. The Kier molecular flexibility index (Phi) is 2.53. The molecule has 0 amide bonds. The highest BCUT2D eigenvalue weighted by Gasteiger charge is 2.22. The molecular formula is C12H14O2. The molecule has 2 rings (SSSR count). The van der Waals surface area contributed by atoms with Crippen LogP contribution in [0.4, 0.5) is 0 Å². The molecule has 14 heavy (non-hydrogen) atoms. The Bertz CT molecular complexity index is 340. The highest BCUT2D eigenvalue weighted by atomic mass is 16.5. The van der Waals surface area contributed by atoms with Gasteiger partial charge in [0.15, 0.2) is 0 Å². The van der Waals surface area contributed by atoms with E-state index in [2.05, 4.69) is 0 Å². The van der Waals surface area contributed by atoms with Gasteiger partial charge in [0.2, 0.25) is 0 Å². The van der Waals surface area contributed by atoms with Crippen LogP contribution in [0.15, 0.2) is 24.3 Å². The highest BCUT2D eigenvalue weighted by molar-refractivity contribution is 5.91. The summed E-state index contributed by atoms with van der Waals surface area (Å²) in [5, 5.41) is 0. The number of ether oxygens (including phenoxy) is 1. The van der Waals surface area contributed by atoms with Gasteiger partial charge in [-0.25, -0.2) is 4.79 Å². The monoisotopic (exact) mass is 190 g/mol. The van der Waals surface area contributed by atoms with Crippen molar-refractivity contribution in [3.8, 4) is 0 Å². The predicted octanol–water partition coefficient (Wildman–Crippen LogP) is 2.70. The Morgan fingerprint density at radius 1 is 1.36 bits per heavy atom. The van der Waals surface area contributed by atoms with Crippen LogP contribution in [-0.2, 0) is 4.74 Å². The highest BCUT2D eigenvalue weighted by Crippen LogP contribution is 2.23. The molecular weight excluding hydrogens is 176 g/mol. The van der Waals surface area contributed by atoms with E-state index in [-0.39, 0.29) is 12.1 Å². The fourth-order valence-electron chi connectivity index (χ4n) is 1.51. The van der Waals surface area contributed by atoms with Crippen LogP contribution in [0, 0.1) is 6.92 Å². The van der Waals surface area contributed by atoms with Crippen LogP contribution in [0.1, 0.15) is 35.2 Å². The molecule has 0 heterocycles. The molecule has 0 aromatic heterocycles. The zero-order chi connectivity index (χ0) is 9.97. The van der Waals surface area contributed by atoms with E-state index >= 15 is 0 Å². The van der Waals surface area contributed by atoms with E-state index in [1.165, 1.54) is 6.42 Å². The molecule has 1 aromatic rings. The summed E-state index contributed by atoms with van der Waals surface area (Å²) >= 11 is 0. The number of hydrogen-bond donors (Lipinski definition) is 0. The molecule has 0 N–H and O–H groups in total. The Morgan fingerprint density at radius 2 is 2.07 bits per heavy atom. The molecule has 0 spiro atoms. The Labute approximate surface area is 83.9 Å². The standard InChI is InChI=1S/C12H14O2/c1-9-5-2-3-8-11(9)12(13)14-10-6-4-7-10/h2-3,5,8,10H,4,6-7H2,1H3. The van der Waals surface area contributed by atoms with Crippen molar-refractivity contribution in [2.75, 3.05) is 0 Å². The fourth-order valence-corrected chi connectivity index (χ4v) is 1.51. The van der Waals surface area contributed by atoms with Gasteiger partial charge < -0.3 is 4.74 Å². The normalized spacial score (nSPS) is 16.1. The van der Waals surface area contributed by atoms with Crippen LogP contribution in [0.3, 0.4) is 0 Å². The molecule has 0 aliphatic heterocycles. The summed E-state index contributed by atoms with van der Waals surface area (Å²) in [7, 11) is 0. The maximum Gasteiger partial charge on any atom is 0.338 e. The first kappa shape index (κ1) is 9.25. The van der Waals surface area contributed by atoms with E-state index in [0.29, 0.717) is 5.56 Å². The Balaban J connectivity index is 2.06. The molecule has 2 nitrogen and oxygen atoms in total.